The standard InChI is InChI=1S/C12H25NO2/c1-10(2)9-15-5-4-13(3)8-11-6-12(14)7-11/h10-12,14H,4-9H2,1-3H3. The minimum absolute atomic E-state index is 0.0272. The molecule has 1 aliphatic rings. The Balaban J connectivity index is 1.92. The predicted molar refractivity (Wildman–Crippen MR) is 61.9 cm³/mol. The molecule has 15 heavy (non-hydrogen) atoms. The fraction of sp³-hybridized carbons (Fsp3) is 1.00. The number of aliphatic hydroxyl groups is 1. The van der Waals surface area contributed by atoms with Gasteiger partial charge in [-0.15, -0.1) is 0 Å². The zero-order valence-electron chi connectivity index (χ0n) is 10.3. The summed E-state index contributed by atoms with van der Waals surface area (Å²) in [5, 5.41) is 9.16. The van der Waals surface area contributed by atoms with E-state index in [4.69, 9.17) is 9.84 Å². The molecular weight excluding hydrogens is 190 g/mol. The normalized spacial score (nSPS) is 26.0. The van der Waals surface area contributed by atoms with Gasteiger partial charge in [0.05, 0.1) is 12.7 Å². The number of rotatable bonds is 7. The topological polar surface area (TPSA) is 32.7 Å². The quantitative estimate of drug-likeness (QED) is 0.651. The first kappa shape index (κ1) is 12.9. The minimum Gasteiger partial charge on any atom is -0.393 e. The maximum absolute atomic E-state index is 9.16. The Hall–Kier alpha value is -0.120. The highest BCUT2D eigenvalue weighted by molar-refractivity contribution is 4.80. The highest BCUT2D eigenvalue weighted by atomic mass is 16.5. The van der Waals surface area contributed by atoms with E-state index in [1.54, 1.807) is 0 Å². The van der Waals surface area contributed by atoms with Crippen LogP contribution in [0.4, 0.5) is 0 Å². The third-order valence-corrected chi connectivity index (χ3v) is 2.85. The number of nitrogens with zero attached hydrogens (tertiary/aromatic N) is 1. The van der Waals surface area contributed by atoms with E-state index in [1.807, 2.05) is 0 Å². The summed E-state index contributed by atoms with van der Waals surface area (Å²) in [7, 11) is 2.13. The average Bonchev–Trinajstić information content (AvgIpc) is 2.10. The molecule has 0 spiro atoms. The SMILES string of the molecule is CC(C)COCCN(C)CC1CC(O)C1. The van der Waals surface area contributed by atoms with Gasteiger partial charge in [-0.3, -0.25) is 0 Å². The van der Waals surface area contributed by atoms with Gasteiger partial charge in [0.15, 0.2) is 0 Å². The Morgan fingerprint density at radius 1 is 1.40 bits per heavy atom. The summed E-state index contributed by atoms with van der Waals surface area (Å²) in [4.78, 5) is 2.30. The van der Waals surface area contributed by atoms with Gasteiger partial charge in [0.1, 0.15) is 0 Å². The third kappa shape index (κ3) is 5.50. The molecular formula is C12H25NO2. The first-order valence-electron chi connectivity index (χ1n) is 6.02. The van der Waals surface area contributed by atoms with Crippen molar-refractivity contribution in [2.24, 2.45) is 11.8 Å². The van der Waals surface area contributed by atoms with Crippen LogP contribution in [-0.2, 0) is 4.74 Å². The van der Waals surface area contributed by atoms with Crippen LogP contribution in [-0.4, -0.2) is 49.5 Å². The molecule has 0 amide bonds. The monoisotopic (exact) mass is 215 g/mol. The van der Waals surface area contributed by atoms with Crippen molar-refractivity contribution >= 4 is 0 Å². The molecule has 0 aromatic heterocycles. The van der Waals surface area contributed by atoms with Crippen molar-refractivity contribution in [2.75, 3.05) is 33.4 Å². The Morgan fingerprint density at radius 3 is 2.60 bits per heavy atom. The number of hydrogen-bond donors (Lipinski definition) is 1. The third-order valence-electron chi connectivity index (χ3n) is 2.85. The molecule has 1 fully saturated rings. The molecule has 0 radical (unpaired) electrons. The molecule has 0 aromatic rings. The second kappa shape index (κ2) is 6.46. The van der Waals surface area contributed by atoms with Gasteiger partial charge in [0.25, 0.3) is 0 Å². The van der Waals surface area contributed by atoms with Crippen LogP contribution in [0.2, 0.25) is 0 Å². The smallest absolute Gasteiger partial charge is 0.0593 e. The van der Waals surface area contributed by atoms with Gasteiger partial charge < -0.3 is 14.7 Å². The van der Waals surface area contributed by atoms with Crippen LogP contribution in [0.15, 0.2) is 0 Å². The maximum Gasteiger partial charge on any atom is 0.0593 e. The van der Waals surface area contributed by atoms with E-state index < -0.39 is 0 Å². The van der Waals surface area contributed by atoms with E-state index >= 15 is 0 Å². The highest BCUT2D eigenvalue weighted by Crippen LogP contribution is 2.27. The molecule has 0 aromatic carbocycles. The summed E-state index contributed by atoms with van der Waals surface area (Å²) in [6, 6.07) is 0. The summed E-state index contributed by atoms with van der Waals surface area (Å²) >= 11 is 0. The molecule has 0 atom stereocenters. The minimum atomic E-state index is -0.0272. The molecule has 1 saturated carbocycles. The van der Waals surface area contributed by atoms with E-state index in [9.17, 15) is 0 Å². The zero-order chi connectivity index (χ0) is 11.3. The summed E-state index contributed by atoms with van der Waals surface area (Å²) in [6.45, 7) is 8.11. The average molecular weight is 215 g/mol. The van der Waals surface area contributed by atoms with Gasteiger partial charge in [-0.2, -0.15) is 0 Å². The van der Waals surface area contributed by atoms with Crippen LogP contribution in [0, 0.1) is 11.8 Å². The summed E-state index contributed by atoms with van der Waals surface area (Å²) in [5.74, 6) is 1.33. The molecule has 0 aliphatic heterocycles. The van der Waals surface area contributed by atoms with Crippen LogP contribution in [0.5, 0.6) is 0 Å². The zero-order valence-corrected chi connectivity index (χ0v) is 10.3. The number of aliphatic hydroxyl groups excluding tert-OH is 1. The maximum atomic E-state index is 9.16. The van der Waals surface area contributed by atoms with Gasteiger partial charge >= 0.3 is 0 Å². The molecule has 3 heteroatoms. The number of likely N-dealkylation sites (N-methyl/N-ethyl adjacent to an activating group) is 1. The van der Waals surface area contributed by atoms with Crippen molar-refractivity contribution in [1.82, 2.24) is 4.90 Å². The van der Waals surface area contributed by atoms with Crippen molar-refractivity contribution in [1.29, 1.82) is 0 Å². The Morgan fingerprint density at radius 2 is 2.07 bits per heavy atom. The van der Waals surface area contributed by atoms with E-state index in [1.165, 1.54) is 0 Å². The molecule has 1 rings (SSSR count). The van der Waals surface area contributed by atoms with E-state index in [0.717, 1.165) is 39.1 Å². The Bertz CT molecular complexity index is 167. The van der Waals surface area contributed by atoms with Crippen LogP contribution >= 0.6 is 0 Å². The lowest BCUT2D eigenvalue weighted by molar-refractivity contribution is 0.0219. The van der Waals surface area contributed by atoms with Crippen molar-refractivity contribution in [3.63, 3.8) is 0 Å². The summed E-state index contributed by atoms with van der Waals surface area (Å²) < 4.78 is 5.53. The second-order valence-electron chi connectivity index (χ2n) is 5.22. The highest BCUT2D eigenvalue weighted by Gasteiger charge is 2.27. The molecule has 90 valence electrons. The Kier molecular flexibility index (Phi) is 5.58. The van der Waals surface area contributed by atoms with E-state index in [0.29, 0.717) is 11.8 Å². The fourth-order valence-electron chi connectivity index (χ4n) is 1.92. The molecule has 1 aliphatic carbocycles. The van der Waals surface area contributed by atoms with Crippen molar-refractivity contribution in [3.8, 4) is 0 Å². The van der Waals surface area contributed by atoms with Crippen LogP contribution in [0.1, 0.15) is 26.7 Å². The van der Waals surface area contributed by atoms with Gasteiger partial charge in [-0.1, -0.05) is 13.8 Å². The van der Waals surface area contributed by atoms with Gasteiger partial charge in [-0.25, -0.2) is 0 Å². The van der Waals surface area contributed by atoms with Gasteiger partial charge in [-0.05, 0) is 31.7 Å². The Labute approximate surface area is 93.4 Å². The second-order valence-corrected chi connectivity index (χ2v) is 5.22. The van der Waals surface area contributed by atoms with Crippen molar-refractivity contribution in [2.45, 2.75) is 32.8 Å². The number of ether oxygens (including phenoxy) is 1. The van der Waals surface area contributed by atoms with Gasteiger partial charge in [0.2, 0.25) is 0 Å². The molecule has 1 N–H and O–H groups in total. The first-order valence-corrected chi connectivity index (χ1v) is 6.02. The summed E-state index contributed by atoms with van der Waals surface area (Å²) in [5.41, 5.74) is 0. The largest absolute Gasteiger partial charge is 0.393 e. The van der Waals surface area contributed by atoms with Crippen LogP contribution in [0.25, 0.3) is 0 Å². The lowest BCUT2D eigenvalue weighted by Crippen LogP contribution is -2.38. The van der Waals surface area contributed by atoms with Crippen molar-refractivity contribution in [3.05, 3.63) is 0 Å². The van der Waals surface area contributed by atoms with Gasteiger partial charge in [0, 0.05) is 19.7 Å². The fourth-order valence-corrected chi connectivity index (χ4v) is 1.92. The lowest BCUT2D eigenvalue weighted by atomic mass is 9.82. The first-order chi connectivity index (χ1) is 7.08. The summed E-state index contributed by atoms with van der Waals surface area (Å²) in [6.07, 6.45) is 1.94. The van der Waals surface area contributed by atoms with Crippen molar-refractivity contribution < 1.29 is 9.84 Å². The molecule has 3 nitrogen and oxygen atoms in total. The number of hydrogen-bond acceptors (Lipinski definition) is 3. The predicted octanol–water partition coefficient (Wildman–Crippen LogP) is 1.36. The molecule has 0 unspecified atom stereocenters. The van der Waals surface area contributed by atoms with E-state index in [-0.39, 0.29) is 6.10 Å². The molecule has 0 saturated heterocycles. The van der Waals surface area contributed by atoms with Crippen LogP contribution in [0.3, 0.4) is 0 Å². The lowest BCUT2D eigenvalue weighted by Gasteiger charge is -2.34. The van der Waals surface area contributed by atoms with E-state index in [2.05, 4.69) is 25.8 Å². The molecule has 0 bridgehead atoms. The molecule has 0 heterocycles. The van der Waals surface area contributed by atoms with Crippen LogP contribution < -0.4 is 0 Å².